The van der Waals surface area contributed by atoms with Crippen molar-refractivity contribution >= 4 is 15.9 Å². The van der Waals surface area contributed by atoms with Gasteiger partial charge in [-0.05, 0) is 37.3 Å². The van der Waals surface area contributed by atoms with E-state index in [2.05, 4.69) is 16.8 Å². The molecular formula is C26H33N3O5S. The van der Waals surface area contributed by atoms with E-state index in [4.69, 9.17) is 4.74 Å². The van der Waals surface area contributed by atoms with Crippen LogP contribution in [0.3, 0.4) is 0 Å². The largest absolute Gasteiger partial charge is 0.487 e. The van der Waals surface area contributed by atoms with Gasteiger partial charge in [0.15, 0.2) is 0 Å². The molecule has 0 saturated heterocycles. The Labute approximate surface area is 208 Å². The quantitative estimate of drug-likeness (QED) is 0.635. The van der Waals surface area contributed by atoms with Crippen molar-refractivity contribution in [1.29, 1.82) is 0 Å². The molecule has 0 aliphatic carbocycles. The Balaban J connectivity index is 2.02. The normalized spacial score (nSPS) is 20.4. The van der Waals surface area contributed by atoms with Crippen LogP contribution in [0.4, 0.5) is 0 Å². The first-order valence-corrected chi connectivity index (χ1v) is 13.1. The summed E-state index contributed by atoms with van der Waals surface area (Å²) < 4.78 is 34.7. The van der Waals surface area contributed by atoms with Gasteiger partial charge >= 0.3 is 0 Å². The predicted octanol–water partition coefficient (Wildman–Crippen LogP) is 2.63. The average Bonchev–Trinajstić information content (AvgIpc) is 2.84. The lowest BCUT2D eigenvalue weighted by Gasteiger charge is -2.37. The molecule has 1 aliphatic rings. The second kappa shape index (κ2) is 11.2. The monoisotopic (exact) mass is 499 g/mol. The second-order valence-corrected chi connectivity index (χ2v) is 11.1. The SMILES string of the molecule is CC(C)C#Cc1ccc2c(c1)O[C@@H](CN(C)C(=O)c1ccccn1)[C@H](C)CN([C@H](C)CO)S2(=O)=O. The van der Waals surface area contributed by atoms with Gasteiger partial charge in [-0.3, -0.25) is 9.78 Å². The summed E-state index contributed by atoms with van der Waals surface area (Å²) in [6.45, 7) is 7.53. The third-order valence-corrected chi connectivity index (χ3v) is 7.88. The van der Waals surface area contributed by atoms with E-state index in [9.17, 15) is 18.3 Å². The van der Waals surface area contributed by atoms with Crippen LogP contribution in [-0.4, -0.2) is 72.5 Å². The maximum Gasteiger partial charge on any atom is 0.272 e. The number of nitrogens with zero attached hydrogens (tertiary/aromatic N) is 3. The van der Waals surface area contributed by atoms with Gasteiger partial charge in [0, 0.05) is 43.2 Å². The first-order chi connectivity index (χ1) is 16.5. The van der Waals surface area contributed by atoms with Crippen molar-refractivity contribution in [1.82, 2.24) is 14.2 Å². The molecule has 1 aromatic carbocycles. The molecule has 1 amide bonds. The smallest absolute Gasteiger partial charge is 0.272 e. The van der Waals surface area contributed by atoms with E-state index in [1.165, 1.54) is 15.3 Å². The Kier molecular flexibility index (Phi) is 8.54. The lowest BCUT2D eigenvalue weighted by atomic mass is 10.0. The summed E-state index contributed by atoms with van der Waals surface area (Å²) in [5.74, 6) is 5.94. The lowest BCUT2D eigenvalue weighted by Crippen LogP contribution is -2.50. The molecule has 2 aromatic rings. The first-order valence-electron chi connectivity index (χ1n) is 11.7. The maximum absolute atomic E-state index is 13.5. The van der Waals surface area contributed by atoms with Gasteiger partial charge in [0.25, 0.3) is 5.91 Å². The third-order valence-electron chi connectivity index (χ3n) is 5.86. The van der Waals surface area contributed by atoms with Crippen molar-refractivity contribution in [3.63, 3.8) is 0 Å². The van der Waals surface area contributed by atoms with E-state index in [1.807, 2.05) is 20.8 Å². The molecule has 1 aliphatic heterocycles. The zero-order chi connectivity index (χ0) is 25.8. The van der Waals surface area contributed by atoms with Crippen LogP contribution in [0, 0.1) is 23.7 Å². The van der Waals surface area contributed by atoms with Gasteiger partial charge in [0.2, 0.25) is 10.0 Å². The van der Waals surface area contributed by atoms with Crippen molar-refractivity contribution in [2.45, 2.75) is 44.7 Å². The molecule has 3 rings (SSSR count). The molecule has 9 heteroatoms. The number of aromatic nitrogens is 1. The van der Waals surface area contributed by atoms with E-state index in [1.54, 1.807) is 50.5 Å². The van der Waals surface area contributed by atoms with Crippen LogP contribution in [0.5, 0.6) is 5.75 Å². The molecule has 0 spiro atoms. The number of sulfonamides is 1. The van der Waals surface area contributed by atoms with Crippen LogP contribution in [-0.2, 0) is 10.0 Å². The fourth-order valence-corrected chi connectivity index (χ4v) is 5.61. The summed E-state index contributed by atoms with van der Waals surface area (Å²) in [6.07, 6.45) is 1.05. The van der Waals surface area contributed by atoms with Crippen LogP contribution in [0.25, 0.3) is 0 Å². The van der Waals surface area contributed by atoms with Gasteiger partial charge in [-0.15, -0.1) is 0 Å². The summed E-state index contributed by atoms with van der Waals surface area (Å²) in [6, 6.07) is 9.31. The number of amides is 1. The maximum atomic E-state index is 13.5. The van der Waals surface area contributed by atoms with E-state index in [-0.39, 0.29) is 48.1 Å². The highest BCUT2D eigenvalue weighted by molar-refractivity contribution is 7.89. The average molecular weight is 500 g/mol. The van der Waals surface area contributed by atoms with Crippen LogP contribution < -0.4 is 4.74 Å². The highest BCUT2D eigenvalue weighted by Crippen LogP contribution is 2.34. The number of carbonyl (C=O) groups excluding carboxylic acids is 1. The van der Waals surface area contributed by atoms with Crippen molar-refractivity contribution < 1.29 is 23.1 Å². The number of carbonyl (C=O) groups is 1. The Morgan fingerprint density at radius 3 is 2.66 bits per heavy atom. The minimum absolute atomic E-state index is 0.0171. The van der Waals surface area contributed by atoms with Gasteiger partial charge in [0.1, 0.15) is 22.4 Å². The molecule has 0 radical (unpaired) electrons. The molecule has 0 unspecified atom stereocenters. The molecule has 1 aromatic heterocycles. The van der Waals surface area contributed by atoms with Crippen molar-refractivity contribution in [3.05, 3.63) is 53.9 Å². The Hall–Kier alpha value is -2.93. The van der Waals surface area contributed by atoms with Crippen LogP contribution in [0.2, 0.25) is 0 Å². The highest BCUT2D eigenvalue weighted by Gasteiger charge is 2.38. The summed E-state index contributed by atoms with van der Waals surface area (Å²) in [4.78, 5) is 18.6. The molecule has 0 fully saturated rings. The molecular weight excluding hydrogens is 466 g/mol. The number of likely N-dealkylation sites (N-methyl/N-ethyl adjacent to an activating group) is 1. The van der Waals surface area contributed by atoms with Gasteiger partial charge in [-0.25, -0.2) is 8.42 Å². The van der Waals surface area contributed by atoms with Gasteiger partial charge in [-0.1, -0.05) is 38.7 Å². The van der Waals surface area contributed by atoms with E-state index < -0.39 is 22.2 Å². The molecule has 3 atom stereocenters. The number of aliphatic hydroxyl groups excluding tert-OH is 1. The molecule has 188 valence electrons. The summed E-state index contributed by atoms with van der Waals surface area (Å²) in [7, 11) is -2.27. The van der Waals surface area contributed by atoms with Crippen molar-refractivity contribution in [3.8, 4) is 17.6 Å². The van der Waals surface area contributed by atoms with E-state index in [0.29, 0.717) is 11.3 Å². The van der Waals surface area contributed by atoms with Gasteiger partial charge in [0.05, 0.1) is 13.2 Å². The van der Waals surface area contributed by atoms with Crippen LogP contribution in [0.15, 0.2) is 47.5 Å². The Morgan fingerprint density at radius 1 is 1.29 bits per heavy atom. The number of benzene rings is 1. The molecule has 1 N–H and O–H groups in total. The van der Waals surface area contributed by atoms with Gasteiger partial charge in [-0.2, -0.15) is 4.31 Å². The number of hydrogen-bond acceptors (Lipinski definition) is 6. The topological polar surface area (TPSA) is 100 Å². The first kappa shape index (κ1) is 26.7. The number of hydrogen-bond donors (Lipinski definition) is 1. The van der Waals surface area contributed by atoms with E-state index in [0.717, 1.165) is 0 Å². The predicted molar refractivity (Wildman–Crippen MR) is 133 cm³/mol. The summed E-state index contributed by atoms with van der Waals surface area (Å²) >= 11 is 0. The minimum atomic E-state index is -3.94. The van der Waals surface area contributed by atoms with Crippen LogP contribution in [0.1, 0.15) is 43.7 Å². The van der Waals surface area contributed by atoms with E-state index >= 15 is 0 Å². The van der Waals surface area contributed by atoms with Crippen molar-refractivity contribution in [2.75, 3.05) is 26.7 Å². The molecule has 0 saturated carbocycles. The van der Waals surface area contributed by atoms with Crippen molar-refractivity contribution in [2.24, 2.45) is 11.8 Å². The fourth-order valence-electron chi connectivity index (χ4n) is 3.79. The second-order valence-electron chi connectivity index (χ2n) is 9.23. The number of ether oxygens (including phenoxy) is 1. The fraction of sp³-hybridized carbons (Fsp3) is 0.462. The molecule has 8 nitrogen and oxygen atoms in total. The number of fused-ring (bicyclic) bond motifs is 1. The van der Waals surface area contributed by atoms with Gasteiger partial charge < -0.3 is 14.7 Å². The lowest BCUT2D eigenvalue weighted by molar-refractivity contribution is 0.0559. The number of pyridine rings is 1. The highest BCUT2D eigenvalue weighted by atomic mass is 32.2. The molecule has 35 heavy (non-hydrogen) atoms. The summed E-state index contributed by atoms with van der Waals surface area (Å²) in [5, 5.41) is 9.78. The third kappa shape index (κ3) is 6.20. The number of aliphatic hydroxyl groups is 1. The molecule has 0 bridgehead atoms. The standard InChI is InChI=1S/C26H33N3O5S/c1-18(2)9-10-21-11-12-25-23(14-21)34-24(16-28(5)26(31)22-8-6-7-13-27-22)19(3)15-29(20(4)17-30)35(25,32)33/h6-8,11-14,18-20,24,30H,15-17H2,1-5H3/t19-,20-,24+/m1/s1. The minimum Gasteiger partial charge on any atom is -0.487 e. The Bertz CT molecular complexity index is 1200. The van der Waals surface area contributed by atoms with Crippen LogP contribution >= 0.6 is 0 Å². The zero-order valence-electron chi connectivity index (χ0n) is 20.8. The molecule has 2 heterocycles. The number of rotatable bonds is 5. The Morgan fingerprint density at radius 2 is 2.03 bits per heavy atom. The summed E-state index contributed by atoms with van der Waals surface area (Å²) in [5.41, 5.74) is 0.956. The zero-order valence-corrected chi connectivity index (χ0v) is 21.6.